The Morgan fingerprint density at radius 3 is 2.78 bits per heavy atom. The van der Waals surface area contributed by atoms with Crippen molar-refractivity contribution in [2.45, 2.75) is 18.8 Å². The molecule has 0 N–H and O–H groups in total. The van der Waals surface area contributed by atoms with Gasteiger partial charge in [0.25, 0.3) is 0 Å². The van der Waals surface area contributed by atoms with E-state index < -0.39 is 0 Å². The Bertz CT molecular complexity index is 732. The molecule has 7 nitrogen and oxygen atoms in total. The second-order valence-electron chi connectivity index (χ2n) is 7.13. The molecule has 0 bridgehead atoms. The number of hydrogen-bond acceptors (Lipinski definition) is 5. The molecule has 0 aliphatic carbocycles. The highest BCUT2D eigenvalue weighted by Crippen LogP contribution is 2.30. The first-order valence-corrected chi connectivity index (χ1v) is 9.20. The third kappa shape index (κ3) is 5.15. The van der Waals surface area contributed by atoms with Crippen molar-refractivity contribution in [1.29, 1.82) is 0 Å². The molecule has 1 aromatic heterocycles. The molecule has 3 rings (SSSR count). The third-order valence-electron chi connectivity index (χ3n) is 4.62. The molecule has 1 fully saturated rings. The van der Waals surface area contributed by atoms with Gasteiger partial charge in [-0.05, 0) is 19.7 Å². The maximum Gasteiger partial charge on any atom is 0.249 e. The number of ether oxygens (including phenoxy) is 2. The zero-order valence-electron chi connectivity index (χ0n) is 16.2. The van der Waals surface area contributed by atoms with Gasteiger partial charge >= 0.3 is 0 Å². The van der Waals surface area contributed by atoms with E-state index in [4.69, 9.17) is 9.47 Å². The molecular weight excluding hydrogens is 344 g/mol. The van der Waals surface area contributed by atoms with Crippen LogP contribution >= 0.6 is 0 Å². The first-order chi connectivity index (χ1) is 13.0. The number of morpholine rings is 1. The quantitative estimate of drug-likeness (QED) is 0.737. The fourth-order valence-corrected chi connectivity index (χ4v) is 3.43. The molecule has 27 heavy (non-hydrogen) atoms. The molecule has 1 aromatic carbocycles. The van der Waals surface area contributed by atoms with Gasteiger partial charge in [-0.2, -0.15) is 5.10 Å². The molecule has 7 heteroatoms. The molecule has 0 unspecified atom stereocenters. The molecule has 2 aromatic rings. The Labute approximate surface area is 160 Å². The van der Waals surface area contributed by atoms with Crippen molar-refractivity contribution in [1.82, 2.24) is 19.6 Å². The van der Waals surface area contributed by atoms with Crippen LogP contribution in [0, 0.1) is 0 Å². The summed E-state index contributed by atoms with van der Waals surface area (Å²) in [6.45, 7) is 2.29. The van der Waals surface area contributed by atoms with Crippen molar-refractivity contribution in [2.24, 2.45) is 7.05 Å². The maximum absolute atomic E-state index is 12.9. The summed E-state index contributed by atoms with van der Waals surface area (Å²) in [6, 6.07) is 9.71. The number of benzene rings is 1. The highest BCUT2D eigenvalue weighted by atomic mass is 16.5. The Balaban J connectivity index is 1.69. The van der Waals surface area contributed by atoms with E-state index in [0.29, 0.717) is 19.8 Å². The average Bonchev–Trinajstić information content (AvgIpc) is 3.08. The number of aryl methyl sites for hydroxylation is 1. The van der Waals surface area contributed by atoms with E-state index in [0.717, 1.165) is 17.7 Å². The lowest BCUT2D eigenvalue weighted by Crippen LogP contribution is -2.51. The summed E-state index contributed by atoms with van der Waals surface area (Å²) in [4.78, 5) is 16.9. The molecule has 0 spiro atoms. The van der Waals surface area contributed by atoms with Crippen LogP contribution in [0.1, 0.15) is 17.2 Å². The van der Waals surface area contributed by atoms with Crippen molar-refractivity contribution < 1.29 is 14.3 Å². The van der Waals surface area contributed by atoms with Crippen LogP contribution in [-0.4, -0.2) is 72.0 Å². The Kier molecular flexibility index (Phi) is 6.60. The lowest BCUT2D eigenvalue weighted by molar-refractivity contribution is -0.153. The summed E-state index contributed by atoms with van der Waals surface area (Å²) >= 11 is 0. The van der Waals surface area contributed by atoms with Crippen molar-refractivity contribution >= 4 is 5.91 Å². The number of carbonyl (C=O) groups is 1. The first kappa shape index (κ1) is 19.5. The van der Waals surface area contributed by atoms with Gasteiger partial charge < -0.3 is 19.3 Å². The second-order valence-corrected chi connectivity index (χ2v) is 7.13. The Morgan fingerprint density at radius 2 is 2.11 bits per heavy atom. The summed E-state index contributed by atoms with van der Waals surface area (Å²) in [5.41, 5.74) is 2.04. The van der Waals surface area contributed by atoms with Crippen LogP contribution in [0.2, 0.25) is 0 Å². The van der Waals surface area contributed by atoms with Gasteiger partial charge in [0.05, 0.1) is 31.6 Å². The molecule has 2 atom stereocenters. The van der Waals surface area contributed by atoms with Crippen LogP contribution in [0.15, 0.2) is 42.7 Å². The van der Waals surface area contributed by atoms with Crippen LogP contribution in [0.5, 0.6) is 0 Å². The van der Waals surface area contributed by atoms with Crippen molar-refractivity contribution in [2.75, 3.05) is 40.4 Å². The van der Waals surface area contributed by atoms with E-state index in [2.05, 4.69) is 10.00 Å². The minimum atomic E-state index is -0.164. The van der Waals surface area contributed by atoms with Crippen LogP contribution in [0.25, 0.3) is 0 Å². The lowest BCUT2D eigenvalue weighted by Gasteiger charge is -2.41. The van der Waals surface area contributed by atoms with Crippen molar-refractivity contribution in [3.8, 4) is 0 Å². The van der Waals surface area contributed by atoms with E-state index in [1.54, 1.807) is 4.68 Å². The average molecular weight is 372 g/mol. The van der Waals surface area contributed by atoms with E-state index in [9.17, 15) is 4.79 Å². The number of rotatable bonds is 7. The Morgan fingerprint density at radius 1 is 1.33 bits per heavy atom. The van der Waals surface area contributed by atoms with Gasteiger partial charge in [-0.1, -0.05) is 30.3 Å². The SMILES string of the molecule is CN(C)C[C@@H]1OCCN(C(=O)COCc2ccccc2)[C@H]1c1cnn(C)c1. The van der Waals surface area contributed by atoms with E-state index in [1.165, 1.54) is 0 Å². The maximum atomic E-state index is 12.9. The Hall–Kier alpha value is -2.22. The minimum Gasteiger partial charge on any atom is -0.373 e. The van der Waals surface area contributed by atoms with Gasteiger partial charge in [-0.3, -0.25) is 9.48 Å². The van der Waals surface area contributed by atoms with E-state index in [-0.39, 0.29) is 24.7 Å². The summed E-state index contributed by atoms with van der Waals surface area (Å²) in [6.07, 6.45) is 3.66. The van der Waals surface area contributed by atoms with Gasteiger partial charge in [0.15, 0.2) is 0 Å². The molecule has 0 radical (unpaired) electrons. The standard InChI is InChI=1S/C20H28N4O3/c1-22(2)13-18-20(17-11-21-23(3)12-17)24(9-10-27-18)19(25)15-26-14-16-7-5-4-6-8-16/h4-8,11-12,18,20H,9-10,13-15H2,1-3H3/t18-,20-/m0/s1. The summed E-state index contributed by atoms with van der Waals surface area (Å²) in [5, 5.41) is 4.28. The predicted molar refractivity (Wildman–Crippen MR) is 102 cm³/mol. The molecule has 1 aliphatic rings. The van der Waals surface area contributed by atoms with E-state index in [1.807, 2.05) is 68.8 Å². The first-order valence-electron chi connectivity index (χ1n) is 9.20. The van der Waals surface area contributed by atoms with Gasteiger partial charge in [0.1, 0.15) is 6.61 Å². The summed E-state index contributed by atoms with van der Waals surface area (Å²) in [5.74, 6) is -0.0214. The normalized spacial score (nSPS) is 20.2. The van der Waals surface area contributed by atoms with Crippen molar-refractivity contribution in [3.63, 3.8) is 0 Å². The molecule has 1 amide bonds. The minimum absolute atomic E-state index is 0.0214. The number of amides is 1. The number of carbonyl (C=O) groups excluding carboxylic acids is 1. The van der Waals surface area contributed by atoms with Crippen LogP contribution in [0.3, 0.4) is 0 Å². The number of hydrogen-bond donors (Lipinski definition) is 0. The van der Waals surface area contributed by atoms with Gasteiger partial charge in [0, 0.05) is 31.9 Å². The smallest absolute Gasteiger partial charge is 0.249 e. The van der Waals surface area contributed by atoms with Crippen molar-refractivity contribution in [3.05, 3.63) is 53.9 Å². The molecule has 146 valence electrons. The number of likely N-dealkylation sites (N-methyl/N-ethyl adjacent to an activating group) is 1. The van der Waals surface area contributed by atoms with Gasteiger partial charge in [-0.15, -0.1) is 0 Å². The van der Waals surface area contributed by atoms with Crippen LogP contribution < -0.4 is 0 Å². The molecule has 2 heterocycles. The number of nitrogens with zero attached hydrogens (tertiary/aromatic N) is 4. The fourth-order valence-electron chi connectivity index (χ4n) is 3.43. The second kappa shape index (κ2) is 9.12. The summed E-state index contributed by atoms with van der Waals surface area (Å²) in [7, 11) is 5.89. The van der Waals surface area contributed by atoms with Crippen LogP contribution in [-0.2, 0) is 27.9 Å². The zero-order chi connectivity index (χ0) is 19.2. The van der Waals surface area contributed by atoms with E-state index >= 15 is 0 Å². The molecule has 1 aliphatic heterocycles. The zero-order valence-corrected chi connectivity index (χ0v) is 16.2. The lowest BCUT2D eigenvalue weighted by atomic mass is 10.0. The fraction of sp³-hybridized carbons (Fsp3) is 0.500. The predicted octanol–water partition coefficient (Wildman–Crippen LogP) is 1.47. The van der Waals surface area contributed by atoms with Gasteiger partial charge in [0.2, 0.25) is 5.91 Å². The monoisotopic (exact) mass is 372 g/mol. The molecule has 0 saturated carbocycles. The highest BCUT2D eigenvalue weighted by Gasteiger charge is 2.37. The van der Waals surface area contributed by atoms with Crippen LogP contribution in [0.4, 0.5) is 0 Å². The summed E-state index contributed by atoms with van der Waals surface area (Å²) < 4.78 is 13.4. The molecular formula is C20H28N4O3. The largest absolute Gasteiger partial charge is 0.373 e. The third-order valence-corrected chi connectivity index (χ3v) is 4.62. The highest BCUT2D eigenvalue weighted by molar-refractivity contribution is 5.78. The number of aromatic nitrogens is 2. The topological polar surface area (TPSA) is 59.8 Å². The molecule has 1 saturated heterocycles. The van der Waals surface area contributed by atoms with Gasteiger partial charge in [-0.25, -0.2) is 0 Å².